The number of hydrogen-bond donors (Lipinski definition) is 1. The highest BCUT2D eigenvalue weighted by molar-refractivity contribution is 5.81. The van der Waals surface area contributed by atoms with E-state index in [0.717, 1.165) is 19.3 Å². The van der Waals surface area contributed by atoms with E-state index in [2.05, 4.69) is 0 Å². The largest absolute Gasteiger partial charge is 0.383 e. The molecule has 5 nitrogen and oxygen atoms in total. The summed E-state index contributed by atoms with van der Waals surface area (Å²) in [6, 6.07) is 0. The molecule has 2 unspecified atom stereocenters. The van der Waals surface area contributed by atoms with Crippen LogP contribution >= 0.6 is 0 Å². The minimum atomic E-state index is -0.264. The topological polar surface area (TPSA) is 64.8 Å². The lowest BCUT2D eigenvalue weighted by atomic mass is 10.2. The minimum absolute atomic E-state index is 0.0832. The van der Waals surface area contributed by atoms with Gasteiger partial charge in [-0.25, -0.2) is 0 Å². The van der Waals surface area contributed by atoms with Gasteiger partial charge in [0.1, 0.15) is 6.10 Å². The number of ether oxygens (including phenoxy) is 2. The van der Waals surface area contributed by atoms with Gasteiger partial charge in [0.25, 0.3) is 5.91 Å². The summed E-state index contributed by atoms with van der Waals surface area (Å²) in [6.07, 6.45) is 2.54. The molecule has 17 heavy (non-hydrogen) atoms. The van der Waals surface area contributed by atoms with Crippen LogP contribution in [0.2, 0.25) is 0 Å². The van der Waals surface area contributed by atoms with Crippen LogP contribution in [0, 0.1) is 0 Å². The van der Waals surface area contributed by atoms with Crippen molar-refractivity contribution in [1.29, 1.82) is 0 Å². The van der Waals surface area contributed by atoms with Gasteiger partial charge in [-0.05, 0) is 32.7 Å². The maximum atomic E-state index is 12.2. The molecule has 1 aliphatic rings. The van der Waals surface area contributed by atoms with Gasteiger partial charge in [0.15, 0.2) is 0 Å². The van der Waals surface area contributed by atoms with Crippen molar-refractivity contribution in [3.8, 4) is 0 Å². The molecule has 5 heteroatoms. The molecule has 1 aliphatic heterocycles. The highest BCUT2D eigenvalue weighted by Gasteiger charge is 2.31. The summed E-state index contributed by atoms with van der Waals surface area (Å²) in [5.41, 5.74) is 5.48. The molecule has 1 fully saturated rings. The molecule has 0 aromatic heterocycles. The first-order chi connectivity index (χ1) is 8.19. The third-order valence-electron chi connectivity index (χ3n) is 3.02. The molecule has 0 spiro atoms. The van der Waals surface area contributed by atoms with Gasteiger partial charge in [-0.3, -0.25) is 4.79 Å². The Kier molecular flexibility index (Phi) is 6.47. The Hall–Kier alpha value is -0.650. The van der Waals surface area contributed by atoms with Crippen LogP contribution < -0.4 is 5.73 Å². The van der Waals surface area contributed by atoms with Crippen LogP contribution in [0.5, 0.6) is 0 Å². The van der Waals surface area contributed by atoms with Crippen LogP contribution in [-0.2, 0) is 14.3 Å². The zero-order valence-electron chi connectivity index (χ0n) is 10.9. The fourth-order valence-electron chi connectivity index (χ4n) is 2.00. The van der Waals surface area contributed by atoms with Crippen LogP contribution in [-0.4, -0.2) is 56.4 Å². The molecule has 2 atom stereocenters. The number of carbonyl (C=O) groups is 1. The lowest BCUT2D eigenvalue weighted by molar-refractivity contribution is -0.143. The Morgan fingerprint density at radius 3 is 2.76 bits per heavy atom. The van der Waals surface area contributed by atoms with Crippen LogP contribution in [0.25, 0.3) is 0 Å². The highest BCUT2D eigenvalue weighted by atomic mass is 16.5. The third-order valence-corrected chi connectivity index (χ3v) is 3.02. The number of methoxy groups -OCH3 is 1. The van der Waals surface area contributed by atoms with E-state index in [-0.39, 0.29) is 18.1 Å². The van der Waals surface area contributed by atoms with Gasteiger partial charge in [0.05, 0.1) is 12.7 Å². The first kappa shape index (κ1) is 14.4. The average molecular weight is 244 g/mol. The fourth-order valence-corrected chi connectivity index (χ4v) is 2.00. The van der Waals surface area contributed by atoms with E-state index in [1.807, 2.05) is 6.92 Å². The van der Waals surface area contributed by atoms with Gasteiger partial charge < -0.3 is 20.1 Å². The van der Waals surface area contributed by atoms with Crippen molar-refractivity contribution < 1.29 is 14.3 Å². The molecule has 0 saturated carbocycles. The second-order valence-electron chi connectivity index (χ2n) is 4.47. The Bertz CT molecular complexity index is 228. The Morgan fingerprint density at radius 1 is 1.47 bits per heavy atom. The molecule has 1 amide bonds. The van der Waals surface area contributed by atoms with Crippen molar-refractivity contribution in [3.05, 3.63) is 0 Å². The molecule has 100 valence electrons. The predicted octanol–water partition coefficient (Wildman–Crippen LogP) is 0.378. The summed E-state index contributed by atoms with van der Waals surface area (Å²) in [5.74, 6) is 0.0832. The zero-order chi connectivity index (χ0) is 12.7. The summed E-state index contributed by atoms with van der Waals surface area (Å²) < 4.78 is 10.6. The van der Waals surface area contributed by atoms with E-state index < -0.39 is 0 Å². The van der Waals surface area contributed by atoms with Crippen LogP contribution in [0.3, 0.4) is 0 Å². The van der Waals surface area contributed by atoms with E-state index >= 15 is 0 Å². The molecule has 1 rings (SSSR count). The third kappa shape index (κ3) is 4.61. The summed E-state index contributed by atoms with van der Waals surface area (Å²) in [6.45, 7) is 4.46. The first-order valence-electron chi connectivity index (χ1n) is 6.32. The molecule has 1 saturated heterocycles. The van der Waals surface area contributed by atoms with Crippen LogP contribution in [0.4, 0.5) is 0 Å². The molecular weight excluding hydrogens is 220 g/mol. The van der Waals surface area contributed by atoms with Crippen molar-refractivity contribution in [3.63, 3.8) is 0 Å². The van der Waals surface area contributed by atoms with Crippen molar-refractivity contribution in [2.45, 2.75) is 38.4 Å². The fraction of sp³-hybridized carbons (Fsp3) is 0.917. The van der Waals surface area contributed by atoms with Gasteiger partial charge in [0.2, 0.25) is 0 Å². The molecule has 2 N–H and O–H groups in total. The molecule has 0 aromatic carbocycles. The highest BCUT2D eigenvalue weighted by Crippen LogP contribution is 2.20. The van der Waals surface area contributed by atoms with Crippen molar-refractivity contribution in [2.75, 3.05) is 33.4 Å². The summed E-state index contributed by atoms with van der Waals surface area (Å²) in [5, 5.41) is 0. The van der Waals surface area contributed by atoms with Gasteiger partial charge in [-0.15, -0.1) is 0 Å². The van der Waals surface area contributed by atoms with Crippen molar-refractivity contribution in [1.82, 2.24) is 4.90 Å². The Balaban J connectivity index is 2.45. The van der Waals surface area contributed by atoms with Gasteiger partial charge in [-0.1, -0.05) is 0 Å². The van der Waals surface area contributed by atoms with E-state index in [1.54, 1.807) is 12.0 Å². The SMILES string of the molecule is COCCN(CCCN)C(=O)C1CCC(C)O1. The number of rotatable bonds is 7. The van der Waals surface area contributed by atoms with Gasteiger partial charge >= 0.3 is 0 Å². The maximum absolute atomic E-state index is 12.2. The number of hydrogen-bond acceptors (Lipinski definition) is 4. The number of nitrogens with two attached hydrogens (primary N) is 1. The predicted molar refractivity (Wildman–Crippen MR) is 65.7 cm³/mol. The molecule has 0 bridgehead atoms. The summed E-state index contributed by atoms with van der Waals surface area (Å²) >= 11 is 0. The minimum Gasteiger partial charge on any atom is -0.383 e. The number of carbonyl (C=O) groups excluding carboxylic acids is 1. The molecule has 1 heterocycles. The first-order valence-corrected chi connectivity index (χ1v) is 6.32. The molecule has 0 aliphatic carbocycles. The van der Waals surface area contributed by atoms with Gasteiger partial charge in [-0.2, -0.15) is 0 Å². The quantitative estimate of drug-likeness (QED) is 0.703. The van der Waals surface area contributed by atoms with Crippen LogP contribution in [0.15, 0.2) is 0 Å². The molecular formula is C12H24N2O3. The molecule has 0 aromatic rings. The lowest BCUT2D eigenvalue weighted by Gasteiger charge is -2.25. The normalized spacial score (nSPS) is 23.9. The number of nitrogens with zero attached hydrogens (tertiary/aromatic N) is 1. The maximum Gasteiger partial charge on any atom is 0.251 e. The van der Waals surface area contributed by atoms with E-state index in [1.165, 1.54) is 0 Å². The Labute approximate surface area is 103 Å². The zero-order valence-corrected chi connectivity index (χ0v) is 10.9. The second kappa shape index (κ2) is 7.63. The van der Waals surface area contributed by atoms with Gasteiger partial charge in [0, 0.05) is 20.2 Å². The Morgan fingerprint density at radius 2 is 2.24 bits per heavy atom. The average Bonchev–Trinajstić information content (AvgIpc) is 2.75. The van der Waals surface area contributed by atoms with E-state index in [4.69, 9.17) is 15.2 Å². The second-order valence-corrected chi connectivity index (χ2v) is 4.47. The summed E-state index contributed by atoms with van der Waals surface area (Å²) in [4.78, 5) is 14.0. The monoisotopic (exact) mass is 244 g/mol. The van der Waals surface area contributed by atoms with Crippen LogP contribution in [0.1, 0.15) is 26.2 Å². The smallest absolute Gasteiger partial charge is 0.251 e. The van der Waals surface area contributed by atoms with Crippen molar-refractivity contribution >= 4 is 5.91 Å². The lowest BCUT2D eigenvalue weighted by Crippen LogP contribution is -2.42. The van der Waals surface area contributed by atoms with E-state index in [9.17, 15) is 4.79 Å². The standard InChI is InChI=1S/C12H24N2O3/c1-10-4-5-11(17-10)12(15)14(7-3-6-13)8-9-16-2/h10-11H,3-9,13H2,1-2H3. The summed E-state index contributed by atoms with van der Waals surface area (Å²) in [7, 11) is 1.64. The number of amides is 1. The van der Waals surface area contributed by atoms with Crippen molar-refractivity contribution in [2.24, 2.45) is 5.73 Å². The molecule has 0 radical (unpaired) electrons. The van der Waals surface area contributed by atoms with E-state index in [0.29, 0.717) is 26.2 Å².